The van der Waals surface area contributed by atoms with E-state index >= 15 is 0 Å². The molecule has 2 bridgehead atoms. The molecule has 4 rings (SSSR count). The number of aromatic amines is 1. The molecule has 2 amide bonds. The van der Waals surface area contributed by atoms with Crippen molar-refractivity contribution >= 4 is 27.9 Å². The summed E-state index contributed by atoms with van der Waals surface area (Å²) in [6.45, 7) is 3.72. The predicted molar refractivity (Wildman–Crippen MR) is 112 cm³/mol. The number of benzene rings is 1. The zero-order chi connectivity index (χ0) is 20.7. The van der Waals surface area contributed by atoms with Crippen molar-refractivity contribution in [3.8, 4) is 11.3 Å². The lowest BCUT2D eigenvalue weighted by Crippen LogP contribution is -2.53. The van der Waals surface area contributed by atoms with E-state index in [1.165, 1.54) is 0 Å². The lowest BCUT2D eigenvalue weighted by atomic mass is 9.95. The molecule has 2 fully saturated rings. The van der Waals surface area contributed by atoms with E-state index in [0.717, 1.165) is 40.8 Å². The number of nitrogens with zero attached hydrogens (tertiary/aromatic N) is 2. The van der Waals surface area contributed by atoms with Gasteiger partial charge in [0.05, 0.1) is 17.9 Å². The van der Waals surface area contributed by atoms with Crippen LogP contribution in [0, 0.1) is 11.8 Å². The number of carbonyl (C=O) groups is 2. The average Bonchev–Trinajstić information content (AvgIpc) is 3.41. The number of nitrogens with one attached hydrogen (secondary N) is 2. The van der Waals surface area contributed by atoms with Crippen LogP contribution in [0.5, 0.6) is 0 Å². The molecule has 2 unspecified atom stereocenters. The van der Waals surface area contributed by atoms with Crippen LogP contribution in [0.1, 0.15) is 45.0 Å². The summed E-state index contributed by atoms with van der Waals surface area (Å²) in [4.78, 5) is 34.5. The molecular formula is C21H25BrN4O3. The molecule has 1 saturated heterocycles. The monoisotopic (exact) mass is 460 g/mol. The van der Waals surface area contributed by atoms with Gasteiger partial charge in [0.15, 0.2) is 0 Å². The third-order valence-corrected chi connectivity index (χ3v) is 6.61. The maximum Gasteiger partial charge on any atom is 0.405 e. The minimum Gasteiger partial charge on any atom is -0.465 e. The summed E-state index contributed by atoms with van der Waals surface area (Å²) in [6, 6.07) is 7.24. The third kappa shape index (κ3) is 3.77. The highest BCUT2D eigenvalue weighted by atomic mass is 79.9. The van der Waals surface area contributed by atoms with Gasteiger partial charge in [-0.25, -0.2) is 9.78 Å². The Balaban J connectivity index is 1.63. The summed E-state index contributed by atoms with van der Waals surface area (Å²) in [5.41, 5.74) is 1.94. The van der Waals surface area contributed by atoms with E-state index in [1.807, 2.05) is 49.2 Å². The van der Waals surface area contributed by atoms with E-state index in [2.05, 4.69) is 31.2 Å². The number of H-pyrrole nitrogens is 1. The Morgan fingerprint density at radius 1 is 1.28 bits per heavy atom. The van der Waals surface area contributed by atoms with Crippen molar-refractivity contribution in [3.05, 3.63) is 40.8 Å². The fourth-order valence-electron chi connectivity index (χ4n) is 4.73. The lowest BCUT2D eigenvalue weighted by molar-refractivity contribution is -0.139. The summed E-state index contributed by atoms with van der Waals surface area (Å²) in [6.07, 6.45) is 3.61. The summed E-state index contributed by atoms with van der Waals surface area (Å²) < 4.78 is 1.01. The van der Waals surface area contributed by atoms with E-state index in [0.29, 0.717) is 5.92 Å². The Morgan fingerprint density at radius 3 is 2.66 bits per heavy atom. The van der Waals surface area contributed by atoms with Crippen molar-refractivity contribution in [1.82, 2.24) is 20.2 Å². The molecule has 1 saturated carbocycles. The fraction of sp³-hybridized carbons (Fsp3) is 0.476. The summed E-state index contributed by atoms with van der Waals surface area (Å²) in [5.74, 6) is 0.848. The summed E-state index contributed by atoms with van der Waals surface area (Å²) in [5, 5.41) is 11.6. The van der Waals surface area contributed by atoms with Crippen molar-refractivity contribution in [1.29, 1.82) is 0 Å². The van der Waals surface area contributed by atoms with Crippen molar-refractivity contribution in [3.63, 3.8) is 0 Å². The molecule has 0 spiro atoms. The second-order valence-electron chi connectivity index (χ2n) is 8.28. The average molecular weight is 461 g/mol. The molecule has 2 heterocycles. The number of fused-ring (bicyclic) bond motifs is 2. The number of carboxylic acid groups (broad SMARTS) is 1. The van der Waals surface area contributed by atoms with Crippen LogP contribution < -0.4 is 5.32 Å². The van der Waals surface area contributed by atoms with Gasteiger partial charge in [-0.3, -0.25) is 4.79 Å². The van der Waals surface area contributed by atoms with Gasteiger partial charge in [0.25, 0.3) is 0 Å². The number of rotatable bonds is 5. The lowest BCUT2D eigenvalue weighted by Gasteiger charge is -2.37. The van der Waals surface area contributed by atoms with E-state index in [1.54, 1.807) is 0 Å². The number of amides is 2. The van der Waals surface area contributed by atoms with Crippen molar-refractivity contribution in [2.24, 2.45) is 11.8 Å². The van der Waals surface area contributed by atoms with Gasteiger partial charge in [-0.2, -0.15) is 0 Å². The second kappa shape index (κ2) is 7.82. The molecule has 4 atom stereocenters. The highest BCUT2D eigenvalue weighted by molar-refractivity contribution is 9.10. The van der Waals surface area contributed by atoms with Crippen LogP contribution in [0.4, 0.5) is 4.79 Å². The van der Waals surface area contributed by atoms with Gasteiger partial charge < -0.3 is 20.3 Å². The van der Waals surface area contributed by atoms with Crippen LogP contribution in [0.25, 0.3) is 11.3 Å². The van der Waals surface area contributed by atoms with E-state index in [-0.39, 0.29) is 23.9 Å². The molecule has 8 heteroatoms. The van der Waals surface area contributed by atoms with Crippen LogP contribution in [0.2, 0.25) is 0 Å². The molecule has 2 aliphatic rings. The normalized spacial score (nSPS) is 24.1. The minimum absolute atomic E-state index is 0.131. The van der Waals surface area contributed by atoms with Crippen LogP contribution in [0.3, 0.4) is 0 Å². The number of carbonyl (C=O) groups excluding carboxylic acids is 1. The standard InChI is InChI=1S/C21H25BrN4O3/c1-11(2)17(25-21(28)29)20(27)26-15-8-5-13(9-15)18(26)19-23-10-16(24-19)12-3-6-14(22)7-4-12/h3-4,6-7,10-11,13,15,17-18,25H,5,8-9H2,1-2H3,(H,23,24)(H,28,29)/t13?,15?,17-,18-/m0/s1. The molecule has 1 aromatic carbocycles. The molecule has 1 aliphatic carbocycles. The molecule has 2 aromatic rings. The SMILES string of the molecule is CC(C)[C@H](NC(=O)O)C(=O)N1C2CCC(C2)[C@H]1c1ncc(-c2ccc(Br)cc2)[nH]1. The summed E-state index contributed by atoms with van der Waals surface area (Å²) in [7, 11) is 0. The van der Waals surface area contributed by atoms with Gasteiger partial charge in [-0.15, -0.1) is 0 Å². The number of hydrogen-bond acceptors (Lipinski definition) is 3. The van der Waals surface area contributed by atoms with Gasteiger partial charge in [-0.05, 0) is 48.8 Å². The minimum atomic E-state index is -1.17. The van der Waals surface area contributed by atoms with E-state index in [4.69, 9.17) is 0 Å². The second-order valence-corrected chi connectivity index (χ2v) is 9.19. The number of hydrogen-bond donors (Lipinski definition) is 3. The zero-order valence-corrected chi connectivity index (χ0v) is 18.0. The maximum atomic E-state index is 13.4. The third-order valence-electron chi connectivity index (χ3n) is 6.08. The highest BCUT2D eigenvalue weighted by Crippen LogP contribution is 2.50. The number of imidazole rings is 1. The Morgan fingerprint density at radius 2 is 2.00 bits per heavy atom. The zero-order valence-electron chi connectivity index (χ0n) is 16.4. The van der Waals surface area contributed by atoms with Crippen LogP contribution in [-0.4, -0.2) is 44.1 Å². The van der Waals surface area contributed by atoms with Gasteiger partial charge in [-0.1, -0.05) is 41.9 Å². The number of halogens is 1. The molecule has 3 N–H and O–H groups in total. The first kappa shape index (κ1) is 19.9. The molecule has 1 aliphatic heterocycles. The number of likely N-dealkylation sites (tertiary alicyclic amines) is 1. The molecule has 7 nitrogen and oxygen atoms in total. The van der Waals surface area contributed by atoms with Crippen molar-refractivity contribution in [2.45, 2.75) is 51.2 Å². The Hall–Kier alpha value is -2.35. The Kier molecular flexibility index (Phi) is 5.38. The number of piperidine rings is 1. The largest absolute Gasteiger partial charge is 0.465 e. The smallest absolute Gasteiger partial charge is 0.405 e. The Labute approximate surface area is 178 Å². The topological polar surface area (TPSA) is 98.3 Å². The summed E-state index contributed by atoms with van der Waals surface area (Å²) >= 11 is 3.45. The molecular weight excluding hydrogens is 436 g/mol. The Bertz CT molecular complexity index is 911. The van der Waals surface area contributed by atoms with Crippen LogP contribution >= 0.6 is 15.9 Å². The highest BCUT2D eigenvalue weighted by Gasteiger charge is 2.51. The van der Waals surface area contributed by atoms with Gasteiger partial charge in [0.1, 0.15) is 11.9 Å². The maximum absolute atomic E-state index is 13.4. The first-order valence-corrected chi connectivity index (χ1v) is 10.8. The number of aromatic nitrogens is 2. The fourth-order valence-corrected chi connectivity index (χ4v) is 4.99. The van der Waals surface area contributed by atoms with E-state index in [9.17, 15) is 14.7 Å². The molecule has 29 heavy (non-hydrogen) atoms. The van der Waals surface area contributed by atoms with Gasteiger partial charge in [0.2, 0.25) is 5.91 Å². The molecule has 1 aromatic heterocycles. The van der Waals surface area contributed by atoms with Crippen LogP contribution in [-0.2, 0) is 4.79 Å². The predicted octanol–water partition coefficient (Wildman–Crippen LogP) is 4.18. The first-order valence-electron chi connectivity index (χ1n) is 9.97. The van der Waals surface area contributed by atoms with Crippen molar-refractivity contribution in [2.75, 3.05) is 0 Å². The molecule has 0 radical (unpaired) electrons. The van der Waals surface area contributed by atoms with Crippen molar-refractivity contribution < 1.29 is 14.7 Å². The quantitative estimate of drug-likeness (QED) is 0.622. The van der Waals surface area contributed by atoms with E-state index < -0.39 is 12.1 Å². The van der Waals surface area contributed by atoms with Crippen LogP contribution in [0.15, 0.2) is 34.9 Å². The first-order chi connectivity index (χ1) is 13.8. The molecule has 154 valence electrons. The van der Waals surface area contributed by atoms with Gasteiger partial charge in [0, 0.05) is 10.5 Å². The van der Waals surface area contributed by atoms with Gasteiger partial charge >= 0.3 is 6.09 Å².